The van der Waals surface area contributed by atoms with Crippen LogP contribution in [-0.2, 0) is 14.3 Å². The number of carbonyl (C=O) groups is 1. The van der Waals surface area contributed by atoms with Gasteiger partial charge >= 0.3 is 0 Å². The summed E-state index contributed by atoms with van der Waals surface area (Å²) in [6, 6.07) is -1.01. The molecule has 0 aliphatic heterocycles. The van der Waals surface area contributed by atoms with E-state index in [2.05, 4.69) is 61.7 Å². The molecule has 0 saturated heterocycles. The number of ether oxygens (including phenoxy) is 2. The van der Waals surface area contributed by atoms with Crippen molar-refractivity contribution in [2.75, 3.05) is 20.3 Å². The molecule has 4 unspecified atom stereocenters. The van der Waals surface area contributed by atoms with Gasteiger partial charge in [-0.3, -0.25) is 4.79 Å². The number of unbranched alkanes of at least 4 members (excludes halogenated alkanes) is 15. The van der Waals surface area contributed by atoms with Crippen molar-refractivity contribution < 1.29 is 44.9 Å². The fourth-order valence-corrected chi connectivity index (χ4v) is 6.28. The lowest BCUT2D eigenvalue weighted by Gasteiger charge is -2.32. The molecule has 0 bridgehead atoms. The van der Waals surface area contributed by atoms with E-state index in [1.54, 1.807) is 0 Å². The number of aliphatic hydroxyl groups excluding tert-OH is 6. The minimum atomic E-state index is -1.67. The summed E-state index contributed by atoms with van der Waals surface area (Å²) in [7, 11) is 1.25. The Morgan fingerprint density at radius 2 is 1.02 bits per heavy atom. The molecule has 0 aliphatic carbocycles. The minimum Gasteiger partial charge on any atom is -0.396 e. The van der Waals surface area contributed by atoms with Crippen LogP contribution in [0.1, 0.15) is 168 Å². The van der Waals surface area contributed by atoms with E-state index < -0.39 is 42.9 Å². The van der Waals surface area contributed by atoms with Crippen LogP contribution in [0.4, 0.5) is 0 Å². The quantitative estimate of drug-likeness (QED) is 0.0186. The molecule has 0 rings (SSSR count). The Morgan fingerprint density at radius 3 is 1.53 bits per heavy atom. The lowest BCUT2D eigenvalue weighted by molar-refractivity contribution is -0.221. The van der Waals surface area contributed by atoms with Crippen molar-refractivity contribution in [1.82, 2.24) is 5.32 Å². The standard InChI is InChI=1S/C45H83NO9/c1-4-6-8-10-12-14-16-18-19-20-21-22-24-26-28-30-32-34-41(50)46-38(37-55-45(54-3)44(53)43(52)40(49)35-36-47)42(51)39(48)33-31-29-27-25-23-17-15-13-11-9-7-5-2/h12,14,18-19,21-22,26,28,38-40,42-45,47-49,51-53H,4-11,13,15-17,20,23-25,27,29-37H2,1-3H3,(H,46,50)/b14-12-,19-18-,22-21-,28-26-/t38-,39+,40?,42-,43?,44?,45?/m0/s1. The molecule has 0 fully saturated rings. The van der Waals surface area contributed by atoms with Gasteiger partial charge in [0.1, 0.15) is 18.3 Å². The van der Waals surface area contributed by atoms with Crippen LogP contribution in [0.3, 0.4) is 0 Å². The second-order valence-corrected chi connectivity index (χ2v) is 14.9. The summed E-state index contributed by atoms with van der Waals surface area (Å²) in [5.74, 6) is -0.311. The third-order valence-electron chi connectivity index (χ3n) is 9.86. The SMILES string of the molecule is CCCCC/C=C\C/C=C\C/C=C\C/C=C\CCCC(=O)N[C@@H](COC(OC)C(O)C(O)C(O)CCO)[C@H](O)[C@H](O)CCCCCCCCCCCCCC. The third kappa shape index (κ3) is 30.9. The molecular weight excluding hydrogens is 698 g/mol. The van der Waals surface area contributed by atoms with E-state index in [1.165, 1.54) is 77.7 Å². The van der Waals surface area contributed by atoms with Crippen LogP contribution in [0, 0.1) is 0 Å². The molecule has 322 valence electrons. The second-order valence-electron chi connectivity index (χ2n) is 14.9. The van der Waals surface area contributed by atoms with E-state index >= 15 is 0 Å². The van der Waals surface area contributed by atoms with E-state index in [9.17, 15) is 30.3 Å². The number of amides is 1. The molecule has 0 aromatic heterocycles. The Labute approximate surface area is 335 Å². The van der Waals surface area contributed by atoms with Crippen LogP contribution >= 0.6 is 0 Å². The molecule has 0 spiro atoms. The van der Waals surface area contributed by atoms with Gasteiger partial charge in [0.05, 0.1) is 24.9 Å². The van der Waals surface area contributed by atoms with Gasteiger partial charge in [-0.05, 0) is 57.8 Å². The highest BCUT2D eigenvalue weighted by molar-refractivity contribution is 5.76. The van der Waals surface area contributed by atoms with Gasteiger partial charge < -0.3 is 45.4 Å². The molecule has 0 heterocycles. The Hall–Kier alpha value is -1.89. The van der Waals surface area contributed by atoms with Crippen molar-refractivity contribution in [3.05, 3.63) is 48.6 Å². The first-order chi connectivity index (χ1) is 26.7. The predicted molar refractivity (Wildman–Crippen MR) is 225 cm³/mol. The van der Waals surface area contributed by atoms with Gasteiger partial charge in [-0.15, -0.1) is 0 Å². The van der Waals surface area contributed by atoms with Crippen LogP contribution in [0.5, 0.6) is 0 Å². The predicted octanol–water partition coefficient (Wildman–Crippen LogP) is 7.88. The van der Waals surface area contributed by atoms with Crippen molar-refractivity contribution in [2.45, 2.75) is 211 Å². The number of nitrogens with one attached hydrogen (secondary N) is 1. The normalized spacial score (nSPS) is 16.3. The number of aliphatic hydroxyl groups is 6. The van der Waals surface area contributed by atoms with E-state index in [0.717, 1.165) is 51.4 Å². The molecule has 0 radical (unpaired) electrons. The van der Waals surface area contributed by atoms with Gasteiger partial charge in [0.25, 0.3) is 0 Å². The smallest absolute Gasteiger partial charge is 0.220 e. The molecule has 7 atom stereocenters. The van der Waals surface area contributed by atoms with E-state index in [0.29, 0.717) is 19.3 Å². The van der Waals surface area contributed by atoms with Crippen molar-refractivity contribution in [2.24, 2.45) is 0 Å². The fourth-order valence-electron chi connectivity index (χ4n) is 6.28. The number of allylic oxidation sites excluding steroid dienone is 8. The molecule has 1 amide bonds. The maximum absolute atomic E-state index is 12.9. The number of hydrogen-bond donors (Lipinski definition) is 7. The average Bonchev–Trinajstić information content (AvgIpc) is 3.18. The highest BCUT2D eigenvalue weighted by atomic mass is 16.7. The summed E-state index contributed by atoms with van der Waals surface area (Å²) < 4.78 is 10.9. The summed E-state index contributed by atoms with van der Waals surface area (Å²) in [6.07, 6.45) is 32.3. The topological polar surface area (TPSA) is 169 Å². The van der Waals surface area contributed by atoms with Crippen LogP contribution in [0.15, 0.2) is 48.6 Å². The van der Waals surface area contributed by atoms with Crippen LogP contribution in [0.25, 0.3) is 0 Å². The first-order valence-corrected chi connectivity index (χ1v) is 21.8. The molecule has 10 heteroatoms. The lowest BCUT2D eigenvalue weighted by Crippen LogP contribution is -2.53. The largest absolute Gasteiger partial charge is 0.396 e. The molecule has 55 heavy (non-hydrogen) atoms. The molecular formula is C45H83NO9. The monoisotopic (exact) mass is 782 g/mol. The molecule has 0 aliphatic rings. The number of hydrogen-bond acceptors (Lipinski definition) is 9. The van der Waals surface area contributed by atoms with Gasteiger partial charge in [-0.1, -0.05) is 152 Å². The minimum absolute atomic E-state index is 0.154. The van der Waals surface area contributed by atoms with Gasteiger partial charge in [-0.2, -0.15) is 0 Å². The number of carbonyl (C=O) groups excluding carboxylic acids is 1. The Bertz CT molecular complexity index is 972. The van der Waals surface area contributed by atoms with E-state index in [1.807, 2.05) is 6.08 Å². The van der Waals surface area contributed by atoms with Crippen molar-refractivity contribution >= 4 is 5.91 Å². The second kappa shape index (κ2) is 39.0. The van der Waals surface area contributed by atoms with Gasteiger partial charge in [0.15, 0.2) is 6.29 Å². The Morgan fingerprint density at radius 1 is 0.564 bits per heavy atom. The molecule has 0 saturated carbocycles. The van der Waals surface area contributed by atoms with Crippen LogP contribution in [-0.4, -0.2) is 99.7 Å². The molecule has 7 N–H and O–H groups in total. The summed E-state index contributed by atoms with van der Waals surface area (Å²) in [5, 5.41) is 64.8. The maximum Gasteiger partial charge on any atom is 0.220 e. The first kappa shape index (κ1) is 53.1. The Kier molecular flexibility index (Phi) is 37.6. The highest BCUT2D eigenvalue weighted by Crippen LogP contribution is 2.17. The summed E-state index contributed by atoms with van der Waals surface area (Å²) in [6.45, 7) is 3.74. The summed E-state index contributed by atoms with van der Waals surface area (Å²) >= 11 is 0. The zero-order valence-corrected chi connectivity index (χ0v) is 35.0. The zero-order valence-electron chi connectivity index (χ0n) is 35.0. The van der Waals surface area contributed by atoms with Crippen LogP contribution < -0.4 is 5.32 Å². The van der Waals surface area contributed by atoms with Crippen LogP contribution in [0.2, 0.25) is 0 Å². The van der Waals surface area contributed by atoms with Crippen molar-refractivity contribution in [3.63, 3.8) is 0 Å². The zero-order chi connectivity index (χ0) is 40.8. The highest BCUT2D eigenvalue weighted by Gasteiger charge is 2.34. The van der Waals surface area contributed by atoms with Gasteiger partial charge in [0.2, 0.25) is 5.91 Å². The van der Waals surface area contributed by atoms with Crippen molar-refractivity contribution in [1.29, 1.82) is 0 Å². The summed E-state index contributed by atoms with van der Waals surface area (Å²) in [4.78, 5) is 12.9. The Balaban J connectivity index is 4.84. The summed E-state index contributed by atoms with van der Waals surface area (Å²) in [5.41, 5.74) is 0. The fraction of sp³-hybridized carbons (Fsp3) is 0.800. The molecule has 10 nitrogen and oxygen atoms in total. The van der Waals surface area contributed by atoms with Gasteiger partial charge in [0, 0.05) is 20.1 Å². The first-order valence-electron chi connectivity index (χ1n) is 21.8. The average molecular weight is 782 g/mol. The maximum atomic E-state index is 12.9. The lowest BCUT2D eigenvalue weighted by atomic mass is 9.99. The van der Waals surface area contributed by atoms with Gasteiger partial charge in [-0.25, -0.2) is 0 Å². The molecule has 0 aromatic carbocycles. The van der Waals surface area contributed by atoms with E-state index in [4.69, 9.17) is 14.6 Å². The van der Waals surface area contributed by atoms with E-state index in [-0.39, 0.29) is 32.0 Å². The number of rotatable bonds is 39. The third-order valence-corrected chi connectivity index (χ3v) is 9.86. The van der Waals surface area contributed by atoms with Crippen molar-refractivity contribution in [3.8, 4) is 0 Å². The molecule has 0 aromatic rings. The number of methoxy groups -OCH3 is 1.